The van der Waals surface area contributed by atoms with E-state index in [0.717, 1.165) is 23.2 Å². The number of methoxy groups -OCH3 is 1. The van der Waals surface area contributed by atoms with Crippen LogP contribution in [-0.2, 0) is 22.5 Å². The molecular formula is C26H28N6O4. The summed E-state index contributed by atoms with van der Waals surface area (Å²) in [5.74, 6) is 0.0971. The van der Waals surface area contributed by atoms with Gasteiger partial charge in [0.15, 0.2) is 5.65 Å². The molecule has 186 valence electrons. The molecule has 0 radical (unpaired) electrons. The Hall–Kier alpha value is -4.60. The number of carbonyl (C=O) groups excluding carboxylic acids is 1. The molecule has 0 saturated heterocycles. The first kappa shape index (κ1) is 24.5. The number of carbonyl (C=O) groups is 2. The average molecular weight is 489 g/mol. The van der Waals surface area contributed by atoms with Gasteiger partial charge in [0.2, 0.25) is 0 Å². The number of benzene rings is 2. The van der Waals surface area contributed by atoms with Crippen LogP contribution >= 0.6 is 0 Å². The number of esters is 1. The molecule has 0 saturated carbocycles. The first-order valence-electron chi connectivity index (χ1n) is 11.6. The fraction of sp³-hybridized carbons (Fsp3) is 0.231. The minimum atomic E-state index is -0.972. The Bertz CT molecular complexity index is 1380. The number of nitrogens with zero attached hydrogens (tertiary/aromatic N) is 3. The molecule has 0 aliphatic heterocycles. The fourth-order valence-electron chi connectivity index (χ4n) is 3.83. The smallest absolute Gasteiger partial charge is 0.335 e. The van der Waals surface area contributed by atoms with E-state index in [-0.39, 0.29) is 11.5 Å². The van der Waals surface area contributed by atoms with Crippen molar-refractivity contribution in [3.8, 4) is 0 Å². The Morgan fingerprint density at radius 3 is 2.72 bits per heavy atom. The lowest BCUT2D eigenvalue weighted by Crippen LogP contribution is -2.08. The SMILES string of the molecule is COC(=O)CCCCc1cnn2c(NCc3cccc(C(=O)O)c3)cc(Nc3cccc(N)c3)nc12. The second-order valence-electron chi connectivity index (χ2n) is 8.32. The van der Waals surface area contributed by atoms with Gasteiger partial charge in [-0.1, -0.05) is 18.2 Å². The Morgan fingerprint density at radius 2 is 1.94 bits per heavy atom. The zero-order chi connectivity index (χ0) is 25.5. The van der Waals surface area contributed by atoms with E-state index in [4.69, 9.17) is 15.5 Å². The van der Waals surface area contributed by atoms with Crippen molar-refractivity contribution in [2.45, 2.75) is 32.2 Å². The van der Waals surface area contributed by atoms with Gasteiger partial charge in [-0.15, -0.1) is 0 Å². The number of rotatable bonds is 11. The van der Waals surface area contributed by atoms with E-state index in [1.165, 1.54) is 7.11 Å². The van der Waals surface area contributed by atoms with Gasteiger partial charge in [0.1, 0.15) is 11.6 Å². The number of carboxylic acid groups (broad SMARTS) is 1. The standard InChI is InChI=1S/C26H28N6O4/c1-36-24(33)11-3-2-7-19-16-29-32-23(28-15-17-6-4-8-18(12-17)26(34)35)14-22(31-25(19)32)30-21-10-5-9-20(27)13-21/h4-6,8-10,12-14,16,28H,2-3,7,11,15,27H2,1H3,(H,30,31)(H,34,35). The number of nitrogen functional groups attached to an aromatic ring is 1. The van der Waals surface area contributed by atoms with Crippen molar-refractivity contribution in [1.82, 2.24) is 14.6 Å². The number of ether oxygens (including phenoxy) is 1. The number of hydrogen-bond donors (Lipinski definition) is 4. The quantitative estimate of drug-likeness (QED) is 0.138. The van der Waals surface area contributed by atoms with Crippen molar-refractivity contribution < 1.29 is 19.4 Å². The normalized spacial score (nSPS) is 10.8. The summed E-state index contributed by atoms with van der Waals surface area (Å²) < 4.78 is 6.44. The molecule has 10 heteroatoms. The maximum absolute atomic E-state index is 11.4. The minimum absolute atomic E-state index is 0.222. The number of aromatic nitrogens is 3. The lowest BCUT2D eigenvalue weighted by atomic mass is 10.1. The number of anilines is 4. The minimum Gasteiger partial charge on any atom is -0.478 e. The van der Waals surface area contributed by atoms with Gasteiger partial charge >= 0.3 is 11.9 Å². The van der Waals surface area contributed by atoms with Gasteiger partial charge in [-0.25, -0.2) is 9.78 Å². The van der Waals surface area contributed by atoms with Crippen LogP contribution in [0, 0.1) is 0 Å². The molecule has 0 aliphatic carbocycles. The summed E-state index contributed by atoms with van der Waals surface area (Å²) >= 11 is 0. The highest BCUT2D eigenvalue weighted by molar-refractivity contribution is 5.87. The Kier molecular flexibility index (Phi) is 7.64. The highest BCUT2D eigenvalue weighted by Gasteiger charge is 2.13. The van der Waals surface area contributed by atoms with Crippen LogP contribution in [0.5, 0.6) is 0 Å². The molecule has 0 spiro atoms. The van der Waals surface area contributed by atoms with Gasteiger partial charge in [-0.3, -0.25) is 4.79 Å². The van der Waals surface area contributed by atoms with Crippen LogP contribution in [0.15, 0.2) is 60.8 Å². The zero-order valence-corrected chi connectivity index (χ0v) is 19.9. The average Bonchev–Trinajstić information content (AvgIpc) is 3.28. The molecule has 4 aromatic rings. The van der Waals surface area contributed by atoms with E-state index in [1.54, 1.807) is 28.9 Å². The van der Waals surface area contributed by atoms with E-state index in [9.17, 15) is 14.7 Å². The third kappa shape index (κ3) is 6.09. The summed E-state index contributed by atoms with van der Waals surface area (Å²) in [6.45, 7) is 0.395. The summed E-state index contributed by atoms with van der Waals surface area (Å²) in [5.41, 5.74) is 10.0. The van der Waals surface area contributed by atoms with E-state index >= 15 is 0 Å². The molecule has 0 aliphatic rings. The molecule has 0 bridgehead atoms. The molecule has 0 atom stereocenters. The monoisotopic (exact) mass is 488 g/mol. The number of aromatic carboxylic acids is 1. The second-order valence-corrected chi connectivity index (χ2v) is 8.32. The fourth-order valence-corrected chi connectivity index (χ4v) is 3.83. The Balaban J connectivity index is 1.60. The molecule has 10 nitrogen and oxygen atoms in total. The van der Waals surface area contributed by atoms with Crippen molar-refractivity contribution in [2.24, 2.45) is 0 Å². The topological polar surface area (TPSA) is 144 Å². The largest absolute Gasteiger partial charge is 0.478 e. The lowest BCUT2D eigenvalue weighted by Gasteiger charge is -2.13. The van der Waals surface area contributed by atoms with Crippen molar-refractivity contribution in [2.75, 3.05) is 23.5 Å². The number of nitrogens with two attached hydrogens (primary N) is 1. The maximum atomic E-state index is 11.4. The van der Waals surface area contributed by atoms with Gasteiger partial charge in [0.05, 0.1) is 18.9 Å². The van der Waals surface area contributed by atoms with E-state index < -0.39 is 5.97 Å². The summed E-state index contributed by atoms with van der Waals surface area (Å²) in [5, 5.41) is 20.5. The van der Waals surface area contributed by atoms with Crippen LogP contribution < -0.4 is 16.4 Å². The van der Waals surface area contributed by atoms with Crippen LogP contribution in [0.3, 0.4) is 0 Å². The van der Waals surface area contributed by atoms with Gasteiger partial charge in [-0.05, 0) is 55.2 Å². The van der Waals surface area contributed by atoms with Gasteiger partial charge in [-0.2, -0.15) is 9.61 Å². The molecule has 0 unspecified atom stereocenters. The molecule has 2 aromatic heterocycles. The summed E-state index contributed by atoms with van der Waals surface area (Å²) in [6.07, 6.45) is 4.34. The predicted octanol–water partition coefficient (Wildman–Crippen LogP) is 4.25. The van der Waals surface area contributed by atoms with E-state index in [1.807, 2.05) is 36.4 Å². The highest BCUT2D eigenvalue weighted by atomic mass is 16.5. The number of carboxylic acids is 1. The zero-order valence-electron chi connectivity index (χ0n) is 19.9. The molecule has 2 heterocycles. The number of hydrogen-bond acceptors (Lipinski definition) is 8. The van der Waals surface area contributed by atoms with Gasteiger partial charge in [0.25, 0.3) is 0 Å². The number of aryl methyl sites for hydroxylation is 1. The maximum Gasteiger partial charge on any atom is 0.335 e. The van der Waals surface area contributed by atoms with Crippen LogP contribution in [0.25, 0.3) is 5.65 Å². The molecule has 0 amide bonds. The molecule has 36 heavy (non-hydrogen) atoms. The van der Waals surface area contributed by atoms with Crippen molar-refractivity contribution in [3.63, 3.8) is 0 Å². The Morgan fingerprint density at radius 1 is 1.11 bits per heavy atom. The van der Waals surface area contributed by atoms with Crippen LogP contribution in [0.1, 0.15) is 40.7 Å². The summed E-state index contributed by atoms with van der Waals surface area (Å²) in [6, 6.07) is 16.0. The third-order valence-electron chi connectivity index (χ3n) is 5.66. The van der Waals surface area contributed by atoms with Crippen LogP contribution in [0.4, 0.5) is 23.0 Å². The Labute approximate surface area is 208 Å². The third-order valence-corrected chi connectivity index (χ3v) is 5.66. The first-order valence-corrected chi connectivity index (χ1v) is 11.6. The molecular weight excluding hydrogens is 460 g/mol. The van der Waals surface area contributed by atoms with E-state index in [2.05, 4.69) is 15.7 Å². The van der Waals surface area contributed by atoms with E-state index in [0.29, 0.717) is 48.8 Å². The predicted molar refractivity (Wildman–Crippen MR) is 137 cm³/mol. The van der Waals surface area contributed by atoms with Crippen molar-refractivity contribution in [1.29, 1.82) is 0 Å². The molecule has 2 aromatic carbocycles. The summed E-state index contributed by atoms with van der Waals surface area (Å²) in [7, 11) is 1.39. The molecule has 0 fully saturated rings. The first-order chi connectivity index (χ1) is 17.4. The van der Waals surface area contributed by atoms with Crippen molar-refractivity contribution >= 4 is 40.6 Å². The molecule has 5 N–H and O–H groups in total. The number of fused-ring (bicyclic) bond motifs is 1. The highest BCUT2D eigenvalue weighted by Crippen LogP contribution is 2.24. The summed E-state index contributed by atoms with van der Waals surface area (Å²) in [4.78, 5) is 27.5. The van der Waals surface area contributed by atoms with Crippen LogP contribution in [-0.4, -0.2) is 38.8 Å². The van der Waals surface area contributed by atoms with Crippen molar-refractivity contribution in [3.05, 3.63) is 77.5 Å². The number of nitrogens with one attached hydrogen (secondary N) is 2. The molecule has 4 rings (SSSR count). The van der Waals surface area contributed by atoms with Gasteiger partial charge in [0, 0.05) is 36.0 Å². The van der Waals surface area contributed by atoms with Crippen LogP contribution in [0.2, 0.25) is 0 Å². The lowest BCUT2D eigenvalue weighted by molar-refractivity contribution is -0.140. The number of unbranched alkanes of at least 4 members (excludes halogenated alkanes) is 1. The second kappa shape index (κ2) is 11.2. The van der Waals surface area contributed by atoms with Gasteiger partial charge < -0.3 is 26.2 Å².